The molecule has 0 bridgehead atoms. The fourth-order valence-corrected chi connectivity index (χ4v) is 3.10. The van der Waals surface area contributed by atoms with Crippen LogP contribution in [0.15, 0.2) is 78.9 Å². The molecular formula is C24H18F3NO4. The van der Waals surface area contributed by atoms with E-state index in [0.29, 0.717) is 12.7 Å². The normalized spacial score (nSPS) is 15.2. The van der Waals surface area contributed by atoms with Gasteiger partial charge in [-0.1, -0.05) is 36.4 Å². The monoisotopic (exact) mass is 441 g/mol. The lowest BCUT2D eigenvalue weighted by molar-refractivity contribution is -0.139. The van der Waals surface area contributed by atoms with Gasteiger partial charge in [-0.05, 0) is 42.5 Å². The van der Waals surface area contributed by atoms with E-state index in [1.165, 1.54) is 30.3 Å². The molecule has 3 aromatic rings. The van der Waals surface area contributed by atoms with Gasteiger partial charge in [0.2, 0.25) is 0 Å². The van der Waals surface area contributed by atoms with Crippen molar-refractivity contribution in [3.05, 3.63) is 95.6 Å². The second-order valence-electron chi connectivity index (χ2n) is 7.12. The summed E-state index contributed by atoms with van der Waals surface area (Å²) in [5, 5.41) is 0. The zero-order valence-corrected chi connectivity index (χ0v) is 16.7. The number of hydrogen-bond donors (Lipinski definition) is 0. The average molecular weight is 441 g/mol. The summed E-state index contributed by atoms with van der Waals surface area (Å²) >= 11 is 0. The van der Waals surface area contributed by atoms with E-state index in [9.17, 15) is 22.8 Å². The van der Waals surface area contributed by atoms with Gasteiger partial charge in [-0.15, -0.1) is 0 Å². The Morgan fingerprint density at radius 3 is 2.09 bits per heavy atom. The molecule has 1 atom stereocenters. The highest BCUT2D eigenvalue weighted by Gasteiger charge is 2.37. The van der Waals surface area contributed by atoms with Crippen molar-refractivity contribution in [3.8, 4) is 5.75 Å². The number of alkyl halides is 3. The number of carbonyl (C=O) groups is 2. The second-order valence-corrected chi connectivity index (χ2v) is 7.12. The maximum absolute atomic E-state index is 13.7. The van der Waals surface area contributed by atoms with Crippen LogP contribution >= 0.6 is 0 Å². The first-order chi connectivity index (χ1) is 15.3. The van der Waals surface area contributed by atoms with E-state index < -0.39 is 29.3 Å². The van der Waals surface area contributed by atoms with E-state index >= 15 is 0 Å². The molecule has 1 saturated heterocycles. The number of nitrogens with zero attached hydrogens (tertiary/aromatic N) is 1. The Morgan fingerprint density at radius 2 is 1.50 bits per heavy atom. The summed E-state index contributed by atoms with van der Waals surface area (Å²) in [6, 6.07) is 19.1. The van der Waals surface area contributed by atoms with Gasteiger partial charge < -0.3 is 9.47 Å². The molecule has 5 nitrogen and oxygen atoms in total. The molecule has 0 radical (unpaired) electrons. The van der Waals surface area contributed by atoms with Gasteiger partial charge in [-0.3, -0.25) is 9.59 Å². The highest BCUT2D eigenvalue weighted by molar-refractivity contribution is 6.25. The Bertz CT molecular complexity index is 1110. The largest absolute Gasteiger partial charge is 0.490 e. The molecular weight excluding hydrogens is 423 g/mol. The van der Waals surface area contributed by atoms with Gasteiger partial charge >= 0.3 is 6.18 Å². The predicted molar refractivity (Wildman–Crippen MR) is 111 cm³/mol. The molecule has 0 aromatic heterocycles. The van der Waals surface area contributed by atoms with Crippen molar-refractivity contribution in [1.29, 1.82) is 0 Å². The number of para-hydroxylation sites is 1. The molecule has 0 aliphatic carbocycles. The molecule has 1 fully saturated rings. The number of rotatable bonds is 6. The van der Waals surface area contributed by atoms with Crippen LogP contribution in [0.1, 0.15) is 26.3 Å². The smallest absolute Gasteiger partial charge is 0.419 e. The predicted octanol–water partition coefficient (Wildman–Crippen LogP) is 4.97. The number of imide groups is 1. The number of anilines is 1. The minimum atomic E-state index is -4.75. The van der Waals surface area contributed by atoms with Crippen molar-refractivity contribution < 1.29 is 32.2 Å². The Kier molecular flexibility index (Phi) is 5.96. The van der Waals surface area contributed by atoms with Crippen LogP contribution in [0, 0.1) is 0 Å². The van der Waals surface area contributed by atoms with Crippen molar-refractivity contribution in [2.75, 3.05) is 18.1 Å². The number of carbonyl (C=O) groups excluding carboxylic acids is 2. The Morgan fingerprint density at radius 1 is 0.906 bits per heavy atom. The third kappa shape index (κ3) is 4.81. The highest BCUT2D eigenvalue weighted by Crippen LogP contribution is 2.37. The summed E-state index contributed by atoms with van der Waals surface area (Å²) in [5.74, 6) is -1.93. The van der Waals surface area contributed by atoms with Gasteiger partial charge in [0.15, 0.2) is 0 Å². The zero-order valence-electron chi connectivity index (χ0n) is 16.7. The second kappa shape index (κ2) is 8.84. The molecule has 164 valence electrons. The number of epoxide rings is 1. The maximum Gasteiger partial charge on any atom is 0.419 e. The van der Waals surface area contributed by atoms with Crippen molar-refractivity contribution in [1.82, 2.24) is 0 Å². The van der Waals surface area contributed by atoms with Crippen molar-refractivity contribution in [3.63, 3.8) is 0 Å². The molecule has 1 aliphatic rings. The highest BCUT2D eigenvalue weighted by atomic mass is 19.4. The minimum Gasteiger partial charge on any atom is -0.490 e. The first-order valence-corrected chi connectivity index (χ1v) is 9.79. The van der Waals surface area contributed by atoms with Gasteiger partial charge in [0.1, 0.15) is 18.5 Å². The van der Waals surface area contributed by atoms with E-state index in [4.69, 9.17) is 9.47 Å². The molecule has 3 aromatic carbocycles. The van der Waals surface area contributed by atoms with E-state index in [-0.39, 0.29) is 29.5 Å². The van der Waals surface area contributed by atoms with Crippen molar-refractivity contribution in [2.45, 2.75) is 12.3 Å². The summed E-state index contributed by atoms with van der Waals surface area (Å²) in [6.45, 7) is 0.421. The van der Waals surface area contributed by atoms with Gasteiger partial charge in [0.25, 0.3) is 11.8 Å². The molecule has 1 aliphatic heterocycles. The van der Waals surface area contributed by atoms with Crippen LogP contribution in [-0.2, 0) is 10.9 Å². The maximum atomic E-state index is 13.7. The molecule has 4 rings (SSSR count). The molecule has 32 heavy (non-hydrogen) atoms. The van der Waals surface area contributed by atoms with Crippen LogP contribution in [0.2, 0.25) is 0 Å². The van der Waals surface area contributed by atoms with Gasteiger partial charge in [-0.25, -0.2) is 4.90 Å². The number of ether oxygens (including phenoxy) is 2. The van der Waals surface area contributed by atoms with Crippen LogP contribution in [-0.4, -0.2) is 31.1 Å². The first kappa shape index (κ1) is 21.6. The van der Waals surface area contributed by atoms with Gasteiger partial charge in [-0.2, -0.15) is 13.2 Å². The zero-order chi connectivity index (χ0) is 22.7. The first-order valence-electron chi connectivity index (χ1n) is 9.79. The number of amides is 2. The van der Waals surface area contributed by atoms with Crippen LogP contribution in [0.3, 0.4) is 0 Å². The van der Waals surface area contributed by atoms with Crippen LogP contribution in [0.5, 0.6) is 5.75 Å². The lowest BCUT2D eigenvalue weighted by Crippen LogP contribution is -2.37. The van der Waals surface area contributed by atoms with E-state index in [1.807, 2.05) is 0 Å². The van der Waals surface area contributed by atoms with Crippen molar-refractivity contribution in [2.24, 2.45) is 0 Å². The average Bonchev–Trinajstić information content (AvgIpc) is 3.63. The lowest BCUT2D eigenvalue weighted by Gasteiger charge is -2.22. The Labute approximate surface area is 182 Å². The molecule has 1 heterocycles. The fraction of sp³-hybridized carbons (Fsp3) is 0.167. The quantitative estimate of drug-likeness (QED) is 0.400. The lowest BCUT2D eigenvalue weighted by atomic mass is 10.1. The standard InChI is InChI=1S/C24H18F3NO4/c25-24(26,27)20-13-17(11-12-21(20)32-15-19-14-31-19)23(30)28(18-9-5-2-6-10-18)22(29)16-7-3-1-4-8-16/h1-13,19H,14-15H2. The minimum absolute atomic E-state index is 0.0149. The number of halogens is 3. The van der Waals surface area contributed by atoms with Crippen LogP contribution < -0.4 is 9.64 Å². The molecule has 1 unspecified atom stereocenters. The van der Waals surface area contributed by atoms with Gasteiger partial charge in [0, 0.05) is 11.1 Å². The van der Waals surface area contributed by atoms with E-state index in [0.717, 1.165) is 11.0 Å². The summed E-state index contributed by atoms with van der Waals surface area (Å²) in [6.07, 6.45) is -4.98. The third-order valence-corrected chi connectivity index (χ3v) is 4.80. The van der Waals surface area contributed by atoms with Crippen LogP contribution in [0.25, 0.3) is 0 Å². The molecule has 0 saturated carbocycles. The Balaban J connectivity index is 1.72. The summed E-state index contributed by atoms with van der Waals surface area (Å²) in [4.78, 5) is 27.3. The topological polar surface area (TPSA) is 59.1 Å². The van der Waals surface area contributed by atoms with E-state index in [2.05, 4.69) is 0 Å². The summed E-state index contributed by atoms with van der Waals surface area (Å²) in [7, 11) is 0. The third-order valence-electron chi connectivity index (χ3n) is 4.80. The molecule has 2 amide bonds. The molecule has 0 spiro atoms. The summed E-state index contributed by atoms with van der Waals surface area (Å²) in [5.41, 5.74) is -0.916. The number of hydrogen-bond acceptors (Lipinski definition) is 4. The Hall–Kier alpha value is -3.65. The van der Waals surface area contributed by atoms with E-state index in [1.54, 1.807) is 36.4 Å². The summed E-state index contributed by atoms with van der Waals surface area (Å²) < 4.78 is 51.2. The molecule has 8 heteroatoms. The van der Waals surface area contributed by atoms with Crippen LogP contribution in [0.4, 0.5) is 18.9 Å². The van der Waals surface area contributed by atoms with Crippen molar-refractivity contribution >= 4 is 17.5 Å². The van der Waals surface area contributed by atoms with Gasteiger partial charge in [0.05, 0.1) is 17.9 Å². The fourth-order valence-electron chi connectivity index (χ4n) is 3.10. The molecule has 0 N–H and O–H groups in total. The SMILES string of the molecule is O=C(c1ccccc1)N(C(=O)c1ccc(OCC2CO2)c(C(F)(F)F)c1)c1ccccc1. The number of benzene rings is 3.